The monoisotopic (exact) mass is 953 g/mol. The molecule has 1 aliphatic rings. The van der Waals surface area contributed by atoms with Crippen molar-refractivity contribution in [3.63, 3.8) is 0 Å². The maximum absolute atomic E-state index is 12.9. The summed E-state index contributed by atoms with van der Waals surface area (Å²) in [7, 11) is -5.08. The molecular weight excluding hydrogens is 861 g/mol. The Balaban J connectivity index is 2.38. The molecule has 0 aromatic heterocycles. The summed E-state index contributed by atoms with van der Waals surface area (Å²) in [6.07, 6.45) is 48.2. The molecule has 0 aromatic rings. The van der Waals surface area contributed by atoms with E-state index in [0.29, 0.717) is 19.4 Å². The van der Waals surface area contributed by atoms with Gasteiger partial charge >= 0.3 is 16.4 Å². The highest BCUT2D eigenvalue weighted by Gasteiger charge is 2.48. The van der Waals surface area contributed by atoms with Gasteiger partial charge in [-0.2, -0.15) is 8.42 Å². The van der Waals surface area contributed by atoms with Gasteiger partial charge in [0.25, 0.3) is 0 Å². The summed E-state index contributed by atoms with van der Waals surface area (Å²) in [4.78, 5) is 12.9. The van der Waals surface area contributed by atoms with Crippen LogP contribution in [0.5, 0.6) is 0 Å². The van der Waals surface area contributed by atoms with Gasteiger partial charge in [0.2, 0.25) is 0 Å². The SMILES string of the molecule is CC/C=C\C/C=C\C/C=C\C/C=C\C/C=C\CCOCC(COC1OC(CO)C(O)C(OS(=O)(=O)O)C1O)OC(=O)CCCCCCCCCCCCC/C=C\CCCCCCCCCC. The maximum atomic E-state index is 12.9. The van der Waals surface area contributed by atoms with Crippen molar-refractivity contribution in [1.29, 1.82) is 0 Å². The van der Waals surface area contributed by atoms with Gasteiger partial charge in [-0.05, 0) is 70.6 Å². The highest BCUT2D eigenvalue weighted by atomic mass is 32.3. The average Bonchev–Trinajstić information content (AvgIpc) is 3.29. The lowest BCUT2D eigenvalue weighted by atomic mass is 9.99. The summed E-state index contributed by atoms with van der Waals surface area (Å²) in [6.45, 7) is 3.66. The van der Waals surface area contributed by atoms with E-state index in [0.717, 1.165) is 51.4 Å². The van der Waals surface area contributed by atoms with Crippen molar-refractivity contribution in [3.05, 3.63) is 72.9 Å². The molecule has 1 rings (SSSR count). The van der Waals surface area contributed by atoms with Gasteiger partial charge in [-0.25, -0.2) is 4.18 Å². The van der Waals surface area contributed by atoms with Crippen LogP contribution in [0.15, 0.2) is 72.9 Å². The molecule has 1 fully saturated rings. The Hall–Kier alpha value is -2.46. The van der Waals surface area contributed by atoms with E-state index in [1.165, 1.54) is 109 Å². The summed E-state index contributed by atoms with van der Waals surface area (Å²) in [6, 6.07) is 0. The van der Waals surface area contributed by atoms with Crippen molar-refractivity contribution in [3.8, 4) is 0 Å². The number of hydrogen-bond donors (Lipinski definition) is 4. The molecule has 0 amide bonds. The standard InChI is InChI=1S/C53H92O12S/c1-3-5-7-9-11-13-15-17-19-21-22-23-24-25-26-27-28-30-32-34-36-38-40-42-49(55)63-47(46-62-53-51(57)52(65-66(58,59)60)50(56)48(44-54)64-53)45-61-43-41-39-37-35-33-31-29-20-18-16-14-12-10-8-6-4-2/h6,8,12,14,18,20-22,31,33,37,39,47-48,50-54,56-57H,3-5,7,9-11,13,15-17,19,23-30,32,34-36,38,40-46H2,1-2H3,(H,58,59,60)/b8-6-,14-12-,20-18-,22-21-,33-31-,39-37-. The van der Waals surface area contributed by atoms with Gasteiger partial charge in [0.1, 0.15) is 30.5 Å². The van der Waals surface area contributed by atoms with Gasteiger partial charge in [0.15, 0.2) is 6.29 Å². The number of aliphatic hydroxyl groups is 3. The minimum atomic E-state index is -5.08. The van der Waals surface area contributed by atoms with E-state index in [-0.39, 0.29) is 19.6 Å². The van der Waals surface area contributed by atoms with Crippen LogP contribution in [0.1, 0.15) is 194 Å². The predicted octanol–water partition coefficient (Wildman–Crippen LogP) is 11.9. The van der Waals surface area contributed by atoms with Crippen molar-refractivity contribution < 1.29 is 56.2 Å². The van der Waals surface area contributed by atoms with Gasteiger partial charge in [-0.3, -0.25) is 9.35 Å². The molecular formula is C53H92O12S. The predicted molar refractivity (Wildman–Crippen MR) is 266 cm³/mol. The number of unbranched alkanes of at least 4 members (excludes halogenated alkanes) is 19. The quantitative estimate of drug-likeness (QED) is 0.0197. The third kappa shape index (κ3) is 36.6. The van der Waals surface area contributed by atoms with Gasteiger partial charge < -0.3 is 34.3 Å². The summed E-state index contributed by atoms with van der Waals surface area (Å²) in [5, 5.41) is 30.7. The second kappa shape index (κ2) is 43.8. The first kappa shape index (κ1) is 61.6. The maximum Gasteiger partial charge on any atom is 0.397 e. The van der Waals surface area contributed by atoms with Crippen molar-refractivity contribution in [1.82, 2.24) is 0 Å². The molecule has 382 valence electrons. The molecule has 13 heteroatoms. The molecule has 0 aromatic carbocycles. The van der Waals surface area contributed by atoms with E-state index in [9.17, 15) is 33.1 Å². The molecule has 1 aliphatic heterocycles. The van der Waals surface area contributed by atoms with Crippen molar-refractivity contribution >= 4 is 16.4 Å². The molecule has 1 saturated heterocycles. The summed E-state index contributed by atoms with van der Waals surface area (Å²) < 4.78 is 59.1. The number of carbonyl (C=O) groups is 1. The molecule has 0 bridgehead atoms. The lowest BCUT2D eigenvalue weighted by Gasteiger charge is -2.41. The Labute approximate surface area is 401 Å². The third-order valence-corrected chi connectivity index (χ3v) is 11.8. The Bertz CT molecular complexity index is 1420. The summed E-state index contributed by atoms with van der Waals surface area (Å²) >= 11 is 0. The minimum Gasteiger partial charge on any atom is -0.457 e. The fourth-order valence-corrected chi connectivity index (χ4v) is 8.01. The number of carbonyl (C=O) groups excluding carboxylic acids is 1. The molecule has 0 saturated carbocycles. The van der Waals surface area contributed by atoms with Crippen LogP contribution in [0.4, 0.5) is 0 Å². The van der Waals surface area contributed by atoms with Crippen LogP contribution < -0.4 is 0 Å². The highest BCUT2D eigenvalue weighted by Crippen LogP contribution is 2.26. The molecule has 6 atom stereocenters. The zero-order valence-corrected chi connectivity index (χ0v) is 41.8. The Morgan fingerprint density at radius 1 is 0.591 bits per heavy atom. The van der Waals surface area contributed by atoms with Crippen LogP contribution in [-0.2, 0) is 38.3 Å². The first-order valence-electron chi connectivity index (χ1n) is 25.7. The highest BCUT2D eigenvalue weighted by molar-refractivity contribution is 7.80. The zero-order chi connectivity index (χ0) is 48.2. The Morgan fingerprint density at radius 2 is 1.05 bits per heavy atom. The first-order chi connectivity index (χ1) is 32.1. The number of rotatable bonds is 44. The van der Waals surface area contributed by atoms with E-state index in [4.69, 9.17) is 18.9 Å². The van der Waals surface area contributed by atoms with E-state index in [1.807, 2.05) is 6.08 Å². The average molecular weight is 953 g/mol. The third-order valence-electron chi connectivity index (χ3n) is 11.3. The lowest BCUT2D eigenvalue weighted by molar-refractivity contribution is -0.301. The minimum absolute atomic E-state index is 0.0211. The molecule has 66 heavy (non-hydrogen) atoms. The van der Waals surface area contributed by atoms with Gasteiger partial charge in [-0.1, -0.05) is 189 Å². The van der Waals surface area contributed by atoms with E-state index in [1.54, 1.807) is 0 Å². The van der Waals surface area contributed by atoms with Crippen molar-refractivity contribution in [2.45, 2.75) is 230 Å². The van der Waals surface area contributed by atoms with Gasteiger partial charge in [0.05, 0.1) is 26.4 Å². The summed E-state index contributed by atoms with van der Waals surface area (Å²) in [5.74, 6) is -0.426. The van der Waals surface area contributed by atoms with Crippen LogP contribution >= 0.6 is 0 Å². The Morgan fingerprint density at radius 3 is 1.53 bits per heavy atom. The zero-order valence-electron chi connectivity index (χ0n) is 41.0. The fraction of sp³-hybridized carbons (Fsp3) is 0.755. The molecule has 0 radical (unpaired) electrons. The normalized spacial score (nSPS) is 20.1. The number of ether oxygens (including phenoxy) is 4. The smallest absolute Gasteiger partial charge is 0.397 e. The number of allylic oxidation sites excluding steroid dienone is 11. The first-order valence-corrected chi connectivity index (χ1v) is 27.1. The molecule has 4 N–H and O–H groups in total. The van der Waals surface area contributed by atoms with Crippen LogP contribution in [-0.4, -0.2) is 97.5 Å². The molecule has 1 heterocycles. The molecule has 12 nitrogen and oxygen atoms in total. The van der Waals surface area contributed by atoms with E-state index >= 15 is 0 Å². The fourth-order valence-electron chi connectivity index (χ4n) is 7.50. The van der Waals surface area contributed by atoms with Crippen LogP contribution in [0.25, 0.3) is 0 Å². The molecule has 6 unspecified atom stereocenters. The number of hydrogen-bond acceptors (Lipinski definition) is 11. The van der Waals surface area contributed by atoms with Gasteiger partial charge in [0, 0.05) is 6.42 Å². The van der Waals surface area contributed by atoms with Crippen molar-refractivity contribution in [2.75, 3.05) is 26.4 Å². The second-order valence-corrected chi connectivity index (χ2v) is 18.4. The van der Waals surface area contributed by atoms with Crippen LogP contribution in [0, 0.1) is 0 Å². The van der Waals surface area contributed by atoms with Crippen LogP contribution in [0.3, 0.4) is 0 Å². The largest absolute Gasteiger partial charge is 0.457 e. The Kier molecular flexibility index (Phi) is 40.8. The van der Waals surface area contributed by atoms with E-state index in [2.05, 4.69) is 84.9 Å². The summed E-state index contributed by atoms with van der Waals surface area (Å²) in [5.41, 5.74) is 0. The van der Waals surface area contributed by atoms with Crippen LogP contribution in [0.2, 0.25) is 0 Å². The topological polar surface area (TPSA) is 178 Å². The number of aliphatic hydroxyl groups excluding tert-OH is 3. The molecule has 0 aliphatic carbocycles. The molecule has 0 spiro atoms. The van der Waals surface area contributed by atoms with Gasteiger partial charge in [-0.15, -0.1) is 0 Å². The lowest BCUT2D eigenvalue weighted by Crippen LogP contribution is -2.60. The second-order valence-electron chi connectivity index (χ2n) is 17.4. The van der Waals surface area contributed by atoms with Crippen molar-refractivity contribution in [2.24, 2.45) is 0 Å². The van der Waals surface area contributed by atoms with E-state index < -0.39 is 59.8 Å². The number of esters is 1.